The Bertz CT molecular complexity index is 606. The van der Waals surface area contributed by atoms with Crippen molar-refractivity contribution in [1.82, 2.24) is 0 Å². The van der Waals surface area contributed by atoms with Crippen LogP contribution in [0, 0.1) is 13.8 Å². The van der Waals surface area contributed by atoms with Gasteiger partial charge in [-0.05, 0) is 69.2 Å². The van der Waals surface area contributed by atoms with E-state index in [1.54, 1.807) is 0 Å². The van der Waals surface area contributed by atoms with Crippen molar-refractivity contribution in [2.75, 3.05) is 12.0 Å². The van der Waals surface area contributed by atoms with Crippen LogP contribution in [0.15, 0.2) is 12.1 Å². The Morgan fingerprint density at radius 1 is 1.33 bits per heavy atom. The molecule has 0 unspecified atom stereocenters. The van der Waals surface area contributed by atoms with E-state index in [0.717, 1.165) is 25.7 Å². The van der Waals surface area contributed by atoms with Crippen LogP contribution in [0.1, 0.15) is 76.0 Å². The average Bonchev–Trinajstić information content (AvgIpc) is 2.51. The van der Waals surface area contributed by atoms with Gasteiger partial charge < -0.3 is 9.64 Å². The van der Waals surface area contributed by atoms with Crippen molar-refractivity contribution >= 4 is 11.7 Å². The molecule has 1 aliphatic rings. The smallest absolute Gasteiger partial charge is 0.328 e. The third-order valence-electron chi connectivity index (χ3n) is 5.51. The molecule has 0 aromatic heterocycles. The zero-order valence-corrected chi connectivity index (χ0v) is 16.4. The van der Waals surface area contributed by atoms with E-state index in [2.05, 4.69) is 58.6 Å². The number of anilines is 1. The van der Waals surface area contributed by atoms with Gasteiger partial charge in [-0.25, -0.2) is 4.79 Å². The van der Waals surface area contributed by atoms with Crippen LogP contribution in [0.2, 0.25) is 0 Å². The minimum atomic E-state index is -0.210. The van der Waals surface area contributed by atoms with Gasteiger partial charge in [0.25, 0.3) is 0 Å². The number of rotatable bonds is 5. The lowest BCUT2D eigenvalue weighted by Gasteiger charge is -2.50. The van der Waals surface area contributed by atoms with E-state index in [-0.39, 0.29) is 17.6 Å². The maximum absolute atomic E-state index is 12.6. The van der Waals surface area contributed by atoms with Crippen LogP contribution < -0.4 is 4.90 Å². The highest BCUT2D eigenvalue weighted by Crippen LogP contribution is 2.46. The van der Waals surface area contributed by atoms with Crippen LogP contribution >= 0.6 is 0 Å². The molecule has 2 atom stereocenters. The summed E-state index contributed by atoms with van der Waals surface area (Å²) in [5.74, 6) is 0.380. The summed E-state index contributed by atoms with van der Waals surface area (Å²) in [4.78, 5) is 14.9. The van der Waals surface area contributed by atoms with Crippen molar-refractivity contribution in [1.29, 1.82) is 0 Å². The number of hydrogen-bond acceptors (Lipinski definition) is 3. The molecule has 0 bridgehead atoms. The Hall–Kier alpha value is -1.51. The van der Waals surface area contributed by atoms with Crippen molar-refractivity contribution in [2.45, 2.75) is 84.7 Å². The van der Waals surface area contributed by atoms with Crippen molar-refractivity contribution < 1.29 is 9.53 Å². The summed E-state index contributed by atoms with van der Waals surface area (Å²) in [5.41, 5.74) is 5.11. The van der Waals surface area contributed by atoms with Gasteiger partial charge in [-0.15, -0.1) is 0 Å². The van der Waals surface area contributed by atoms with E-state index in [1.165, 1.54) is 29.5 Å². The zero-order chi connectivity index (χ0) is 18.1. The summed E-state index contributed by atoms with van der Waals surface area (Å²) in [7, 11) is 1.50. The Labute approximate surface area is 147 Å². The fraction of sp³-hybridized carbons (Fsp3) is 0.667. The quantitative estimate of drug-likeness (QED) is 0.701. The molecule has 1 aromatic rings. The Kier molecular flexibility index (Phi) is 5.62. The van der Waals surface area contributed by atoms with Crippen molar-refractivity contribution in [3.63, 3.8) is 0 Å². The fourth-order valence-electron chi connectivity index (χ4n) is 4.19. The van der Waals surface area contributed by atoms with Crippen molar-refractivity contribution in [3.8, 4) is 0 Å². The summed E-state index contributed by atoms with van der Waals surface area (Å²) >= 11 is 0. The molecule has 3 nitrogen and oxygen atoms in total. The summed E-state index contributed by atoms with van der Waals surface area (Å²) in [5, 5.41) is 0. The van der Waals surface area contributed by atoms with E-state index >= 15 is 0 Å². The van der Waals surface area contributed by atoms with Gasteiger partial charge in [0.15, 0.2) is 0 Å². The summed E-state index contributed by atoms with van der Waals surface area (Å²) in [6.07, 6.45) is 4.00. The molecule has 0 amide bonds. The van der Waals surface area contributed by atoms with Crippen LogP contribution in [-0.4, -0.2) is 24.7 Å². The number of carbonyl (C=O) groups is 1. The number of unbranched alkanes of at least 4 members (excludes halogenated alkanes) is 1. The van der Waals surface area contributed by atoms with Crippen LogP contribution in [0.25, 0.3) is 0 Å². The first-order valence-corrected chi connectivity index (χ1v) is 9.21. The number of carbonyl (C=O) groups excluding carboxylic acids is 1. The lowest BCUT2D eigenvalue weighted by Crippen LogP contribution is -2.56. The van der Waals surface area contributed by atoms with Crippen LogP contribution in [0.3, 0.4) is 0 Å². The molecular formula is C21H33NO2. The Morgan fingerprint density at radius 3 is 2.54 bits per heavy atom. The number of hydrogen-bond donors (Lipinski definition) is 0. The first-order valence-electron chi connectivity index (χ1n) is 9.21. The van der Waals surface area contributed by atoms with Crippen LogP contribution in [0.4, 0.5) is 5.69 Å². The zero-order valence-electron chi connectivity index (χ0n) is 16.4. The summed E-state index contributed by atoms with van der Waals surface area (Å²) in [6.45, 7) is 13.3. The van der Waals surface area contributed by atoms with Gasteiger partial charge in [-0.2, -0.15) is 0 Å². The molecule has 3 heteroatoms. The highest BCUT2D eigenvalue weighted by atomic mass is 16.5. The average molecular weight is 332 g/mol. The number of ether oxygens (including phenoxy) is 1. The third-order valence-corrected chi connectivity index (χ3v) is 5.51. The fourth-order valence-corrected chi connectivity index (χ4v) is 4.19. The van der Waals surface area contributed by atoms with Gasteiger partial charge in [0.05, 0.1) is 7.11 Å². The second-order valence-electron chi connectivity index (χ2n) is 7.96. The Balaban J connectivity index is 2.58. The number of nitrogens with zero attached hydrogens (tertiary/aromatic N) is 1. The molecule has 0 saturated carbocycles. The normalized spacial score (nSPS) is 20.5. The molecule has 0 spiro atoms. The lowest BCUT2D eigenvalue weighted by molar-refractivity contribution is -0.142. The van der Waals surface area contributed by atoms with Gasteiger partial charge in [0.1, 0.15) is 6.04 Å². The van der Waals surface area contributed by atoms with Gasteiger partial charge in [0.2, 0.25) is 0 Å². The number of aryl methyl sites for hydroxylation is 2. The van der Waals surface area contributed by atoms with Gasteiger partial charge in [-0.1, -0.05) is 32.8 Å². The van der Waals surface area contributed by atoms with E-state index in [4.69, 9.17) is 4.74 Å². The molecule has 24 heavy (non-hydrogen) atoms. The molecule has 1 aliphatic heterocycles. The highest BCUT2D eigenvalue weighted by molar-refractivity contribution is 5.82. The topological polar surface area (TPSA) is 29.5 Å². The molecule has 0 N–H and O–H groups in total. The molecule has 134 valence electrons. The maximum atomic E-state index is 12.6. The van der Waals surface area contributed by atoms with E-state index in [9.17, 15) is 4.79 Å². The van der Waals surface area contributed by atoms with Crippen LogP contribution in [-0.2, 0) is 9.53 Å². The van der Waals surface area contributed by atoms with E-state index in [0.29, 0.717) is 5.92 Å². The second-order valence-corrected chi connectivity index (χ2v) is 7.96. The molecular weight excluding hydrogens is 298 g/mol. The third kappa shape index (κ3) is 3.45. The lowest BCUT2D eigenvalue weighted by atomic mass is 9.77. The SMILES string of the molecule is CCCC[C@H](C(=O)OC)N1c2cc(C)c(C)cc2[C@H](C)CC1(C)C. The van der Waals surface area contributed by atoms with Gasteiger partial charge >= 0.3 is 5.97 Å². The van der Waals surface area contributed by atoms with E-state index < -0.39 is 0 Å². The van der Waals surface area contributed by atoms with E-state index in [1.807, 2.05) is 0 Å². The van der Waals surface area contributed by atoms with Crippen LogP contribution in [0.5, 0.6) is 0 Å². The molecule has 0 radical (unpaired) electrons. The highest BCUT2D eigenvalue weighted by Gasteiger charge is 2.42. The molecule has 0 saturated heterocycles. The number of methoxy groups -OCH3 is 1. The number of esters is 1. The molecule has 0 aliphatic carbocycles. The van der Waals surface area contributed by atoms with Crippen molar-refractivity contribution in [2.24, 2.45) is 0 Å². The number of fused-ring (bicyclic) bond motifs is 1. The standard InChI is InChI=1S/C21H33NO2/c1-8-9-10-18(20(23)24-7)22-19-12-15(3)14(2)11-17(19)16(4)13-21(22,5)6/h11-12,16,18H,8-10,13H2,1-7H3/t16-,18-/m1/s1. The summed E-state index contributed by atoms with van der Waals surface area (Å²) < 4.78 is 5.17. The second kappa shape index (κ2) is 7.16. The summed E-state index contributed by atoms with van der Waals surface area (Å²) in [6, 6.07) is 4.37. The first-order chi connectivity index (χ1) is 11.2. The van der Waals surface area contributed by atoms with Crippen molar-refractivity contribution in [3.05, 3.63) is 28.8 Å². The predicted octanol–water partition coefficient (Wildman–Crippen LogP) is 5.13. The Morgan fingerprint density at radius 2 is 1.96 bits per heavy atom. The molecule has 0 fully saturated rings. The monoisotopic (exact) mass is 331 g/mol. The largest absolute Gasteiger partial charge is 0.467 e. The minimum absolute atomic E-state index is 0.0687. The first kappa shape index (κ1) is 18.8. The minimum Gasteiger partial charge on any atom is -0.467 e. The maximum Gasteiger partial charge on any atom is 0.328 e. The van der Waals surface area contributed by atoms with Gasteiger partial charge in [-0.3, -0.25) is 0 Å². The predicted molar refractivity (Wildman–Crippen MR) is 101 cm³/mol. The molecule has 1 aromatic carbocycles. The molecule has 1 heterocycles. The molecule has 2 rings (SSSR count). The van der Waals surface area contributed by atoms with Gasteiger partial charge in [0, 0.05) is 11.2 Å². The number of benzene rings is 1.